The lowest BCUT2D eigenvalue weighted by atomic mass is 9.96. The van der Waals surface area contributed by atoms with Gasteiger partial charge in [0, 0.05) is 10.1 Å². The topological polar surface area (TPSA) is 46.5 Å². The second-order valence-corrected chi connectivity index (χ2v) is 3.90. The van der Waals surface area contributed by atoms with Crippen LogP contribution < -0.4 is 0 Å². The third kappa shape index (κ3) is 2.86. The Kier molecular flexibility index (Phi) is 5.29. The number of halogens is 4. The average molecular weight is 280 g/mol. The molecule has 7 heteroatoms. The molecule has 106 valence electrons. The van der Waals surface area contributed by atoms with E-state index in [1.165, 1.54) is 0 Å². The maximum atomic E-state index is 13.6. The SMILES string of the molecule is CCCCc1c(F)c(F)c(F)c(C(=O)OF)c1CO. The van der Waals surface area contributed by atoms with E-state index in [9.17, 15) is 22.5 Å². The monoisotopic (exact) mass is 280 g/mol. The Morgan fingerprint density at radius 2 is 1.79 bits per heavy atom. The molecular weight excluding hydrogens is 268 g/mol. The van der Waals surface area contributed by atoms with E-state index < -0.39 is 41.2 Å². The zero-order valence-electron chi connectivity index (χ0n) is 10.1. The predicted octanol–water partition coefficient (Wildman–Crippen LogP) is 2.98. The van der Waals surface area contributed by atoms with E-state index in [0.717, 1.165) is 0 Å². The molecule has 0 aromatic heterocycles. The van der Waals surface area contributed by atoms with Gasteiger partial charge in [-0.15, -0.1) is 0 Å². The van der Waals surface area contributed by atoms with Crippen LogP contribution >= 0.6 is 0 Å². The lowest BCUT2D eigenvalue weighted by Crippen LogP contribution is -2.15. The van der Waals surface area contributed by atoms with Crippen LogP contribution in [-0.4, -0.2) is 11.1 Å². The van der Waals surface area contributed by atoms with E-state index in [2.05, 4.69) is 4.94 Å². The second-order valence-electron chi connectivity index (χ2n) is 3.90. The van der Waals surface area contributed by atoms with Gasteiger partial charge in [0.25, 0.3) is 0 Å². The maximum Gasteiger partial charge on any atom is 0.382 e. The van der Waals surface area contributed by atoms with Crippen LogP contribution in [0.25, 0.3) is 0 Å². The molecule has 0 fully saturated rings. The number of aliphatic hydroxyl groups excluding tert-OH is 1. The smallest absolute Gasteiger partial charge is 0.382 e. The van der Waals surface area contributed by atoms with Crippen molar-refractivity contribution in [2.75, 3.05) is 0 Å². The predicted molar refractivity (Wildman–Crippen MR) is 57.4 cm³/mol. The van der Waals surface area contributed by atoms with E-state index in [0.29, 0.717) is 12.8 Å². The van der Waals surface area contributed by atoms with Gasteiger partial charge in [-0.3, -0.25) is 0 Å². The van der Waals surface area contributed by atoms with Gasteiger partial charge < -0.3 is 5.11 Å². The Hall–Kier alpha value is -1.63. The van der Waals surface area contributed by atoms with Gasteiger partial charge in [0.1, 0.15) is 5.56 Å². The Morgan fingerprint density at radius 3 is 2.26 bits per heavy atom. The number of aliphatic hydroxyl groups is 1. The minimum Gasteiger partial charge on any atom is -0.392 e. The maximum absolute atomic E-state index is 13.6. The third-order valence-electron chi connectivity index (χ3n) is 2.75. The number of hydrogen-bond donors (Lipinski definition) is 1. The summed E-state index contributed by atoms with van der Waals surface area (Å²) in [7, 11) is 0. The highest BCUT2D eigenvalue weighted by molar-refractivity contribution is 5.91. The van der Waals surface area contributed by atoms with Crippen molar-refractivity contribution in [2.45, 2.75) is 32.8 Å². The summed E-state index contributed by atoms with van der Waals surface area (Å²) >= 11 is 0. The van der Waals surface area contributed by atoms with Gasteiger partial charge >= 0.3 is 5.97 Å². The lowest BCUT2D eigenvalue weighted by molar-refractivity contribution is -0.0794. The van der Waals surface area contributed by atoms with Crippen molar-refractivity contribution in [1.29, 1.82) is 0 Å². The first kappa shape index (κ1) is 15.4. The molecule has 0 saturated heterocycles. The Bertz CT molecular complexity index is 489. The minimum absolute atomic E-state index is 0.0119. The minimum atomic E-state index is -1.89. The van der Waals surface area contributed by atoms with Gasteiger partial charge in [0.05, 0.1) is 6.61 Å². The van der Waals surface area contributed by atoms with Crippen LogP contribution in [0.5, 0.6) is 0 Å². The molecule has 19 heavy (non-hydrogen) atoms. The molecule has 0 amide bonds. The highest BCUT2D eigenvalue weighted by Gasteiger charge is 2.29. The van der Waals surface area contributed by atoms with Crippen LogP contribution in [0.15, 0.2) is 0 Å². The largest absolute Gasteiger partial charge is 0.392 e. The van der Waals surface area contributed by atoms with Crippen LogP contribution in [0.1, 0.15) is 41.3 Å². The second kappa shape index (κ2) is 6.51. The fourth-order valence-corrected chi connectivity index (χ4v) is 1.79. The van der Waals surface area contributed by atoms with Crippen molar-refractivity contribution >= 4 is 5.97 Å². The molecule has 0 heterocycles. The molecule has 0 atom stereocenters. The summed E-state index contributed by atoms with van der Waals surface area (Å²) < 4.78 is 52.3. The molecule has 0 spiro atoms. The summed E-state index contributed by atoms with van der Waals surface area (Å²) in [5.74, 6) is -7.04. The van der Waals surface area contributed by atoms with E-state index >= 15 is 0 Å². The molecule has 0 saturated carbocycles. The van der Waals surface area contributed by atoms with Gasteiger partial charge in [0.15, 0.2) is 17.5 Å². The highest BCUT2D eigenvalue weighted by Crippen LogP contribution is 2.27. The number of carbonyl (C=O) groups is 1. The molecule has 1 rings (SSSR count). The standard InChI is InChI=1S/C12H12F4O3/c1-2-3-4-6-7(5-17)8(12(18)19-16)10(14)11(15)9(6)13/h17H,2-5H2,1H3. The van der Waals surface area contributed by atoms with Crippen molar-refractivity contribution in [1.82, 2.24) is 0 Å². The highest BCUT2D eigenvalue weighted by atomic mass is 19.3. The van der Waals surface area contributed by atoms with Crippen molar-refractivity contribution in [2.24, 2.45) is 0 Å². The molecule has 0 unspecified atom stereocenters. The van der Waals surface area contributed by atoms with Crippen molar-refractivity contribution in [3.05, 3.63) is 34.1 Å². The van der Waals surface area contributed by atoms with Gasteiger partial charge in [-0.25, -0.2) is 22.9 Å². The number of benzene rings is 1. The first-order chi connectivity index (χ1) is 8.99. The van der Waals surface area contributed by atoms with Crippen molar-refractivity contribution < 1.29 is 32.5 Å². The van der Waals surface area contributed by atoms with Crippen LogP contribution in [0.2, 0.25) is 0 Å². The van der Waals surface area contributed by atoms with Crippen LogP contribution in [0.4, 0.5) is 17.7 Å². The van der Waals surface area contributed by atoms with Gasteiger partial charge in [-0.05, 0) is 18.4 Å². The molecule has 1 aromatic rings. The Labute approximate surface area is 106 Å². The molecule has 3 nitrogen and oxygen atoms in total. The zero-order chi connectivity index (χ0) is 14.6. The summed E-state index contributed by atoms with van der Waals surface area (Å²) in [5.41, 5.74) is -1.95. The number of rotatable bonds is 5. The van der Waals surface area contributed by atoms with Crippen LogP contribution in [0, 0.1) is 17.5 Å². The van der Waals surface area contributed by atoms with Gasteiger partial charge in [-0.2, -0.15) is 0 Å². The summed E-state index contributed by atoms with van der Waals surface area (Å²) in [6.45, 7) is 0.852. The summed E-state index contributed by atoms with van der Waals surface area (Å²) in [5, 5.41) is 9.10. The van der Waals surface area contributed by atoms with Crippen molar-refractivity contribution in [3.8, 4) is 0 Å². The van der Waals surface area contributed by atoms with E-state index in [-0.39, 0.29) is 12.0 Å². The Balaban J connectivity index is 3.53. The fraction of sp³-hybridized carbons (Fsp3) is 0.417. The van der Waals surface area contributed by atoms with Crippen molar-refractivity contribution in [3.63, 3.8) is 0 Å². The molecule has 0 aliphatic carbocycles. The first-order valence-corrected chi connectivity index (χ1v) is 5.61. The van der Waals surface area contributed by atoms with E-state index in [1.807, 2.05) is 0 Å². The molecule has 0 aliphatic rings. The number of hydrogen-bond acceptors (Lipinski definition) is 3. The summed E-state index contributed by atoms with van der Waals surface area (Å²) in [6, 6.07) is 0. The van der Waals surface area contributed by atoms with Crippen LogP contribution in [0.3, 0.4) is 0 Å². The normalized spacial score (nSPS) is 10.6. The molecule has 0 radical (unpaired) electrons. The average Bonchev–Trinajstić information content (AvgIpc) is 2.42. The lowest BCUT2D eigenvalue weighted by Gasteiger charge is -2.13. The van der Waals surface area contributed by atoms with Crippen LogP contribution in [-0.2, 0) is 18.0 Å². The number of unbranched alkanes of at least 4 members (excludes halogenated alkanes) is 1. The third-order valence-corrected chi connectivity index (χ3v) is 2.75. The molecule has 0 bridgehead atoms. The number of carbonyl (C=O) groups excluding carboxylic acids is 1. The molecule has 1 aromatic carbocycles. The molecule has 1 N–H and O–H groups in total. The molecule has 0 aliphatic heterocycles. The first-order valence-electron chi connectivity index (χ1n) is 5.61. The Morgan fingerprint density at radius 1 is 1.16 bits per heavy atom. The van der Waals surface area contributed by atoms with Gasteiger partial charge in [-0.1, -0.05) is 13.3 Å². The summed E-state index contributed by atoms with van der Waals surface area (Å²) in [4.78, 5) is 13.9. The zero-order valence-corrected chi connectivity index (χ0v) is 10.1. The van der Waals surface area contributed by atoms with Gasteiger partial charge in [0.2, 0.25) is 0 Å². The fourth-order valence-electron chi connectivity index (χ4n) is 1.79. The van der Waals surface area contributed by atoms with E-state index in [4.69, 9.17) is 5.11 Å². The summed E-state index contributed by atoms with van der Waals surface area (Å²) in [6.07, 6.45) is 1.05. The quantitative estimate of drug-likeness (QED) is 0.666. The molecular formula is C12H12F4O3. The van der Waals surface area contributed by atoms with E-state index in [1.54, 1.807) is 6.92 Å².